The van der Waals surface area contributed by atoms with Gasteiger partial charge in [-0.15, -0.1) is 0 Å². The van der Waals surface area contributed by atoms with Gasteiger partial charge in [-0.25, -0.2) is 4.79 Å². The maximum absolute atomic E-state index is 12.7. The minimum atomic E-state index is -1.65. The summed E-state index contributed by atoms with van der Waals surface area (Å²) < 4.78 is 0. The molecule has 0 unspecified atom stereocenters. The van der Waals surface area contributed by atoms with E-state index in [1.807, 2.05) is 0 Å². The monoisotopic (exact) mass is 504 g/mol. The van der Waals surface area contributed by atoms with Gasteiger partial charge in [-0.3, -0.25) is 24.0 Å². The summed E-state index contributed by atoms with van der Waals surface area (Å²) in [5.41, 5.74) is 10.6. The molecule has 0 aromatic rings. The Labute approximate surface area is 202 Å². The molecule has 0 aliphatic rings. The number of nitrogens with one attached hydrogen (secondary N) is 4. The second-order valence-corrected chi connectivity index (χ2v) is 8.39. The van der Waals surface area contributed by atoms with E-state index in [4.69, 9.17) is 11.5 Å². The number of rotatable bonds is 15. The Balaban J connectivity index is 5.51. The van der Waals surface area contributed by atoms with E-state index < -0.39 is 84.3 Å². The molecule has 0 bridgehead atoms. The number of carboxylic acid groups (broad SMARTS) is 1. The fourth-order valence-corrected chi connectivity index (χ4v) is 2.74. The van der Waals surface area contributed by atoms with E-state index in [9.17, 15) is 44.1 Å². The van der Waals surface area contributed by atoms with Crippen molar-refractivity contribution in [2.45, 2.75) is 76.8 Å². The molecule has 0 heterocycles. The maximum Gasteiger partial charge on any atom is 0.326 e. The summed E-state index contributed by atoms with van der Waals surface area (Å²) in [6, 6.07) is -6.84. The van der Waals surface area contributed by atoms with Crippen molar-refractivity contribution in [2.24, 2.45) is 17.4 Å². The highest BCUT2D eigenvalue weighted by Gasteiger charge is 2.33. The molecule has 0 saturated heterocycles. The van der Waals surface area contributed by atoms with Crippen LogP contribution in [0, 0.1) is 5.92 Å². The average molecular weight is 505 g/mol. The molecule has 11 N–H and O–H groups in total. The van der Waals surface area contributed by atoms with Gasteiger partial charge in [0.05, 0.1) is 18.8 Å². The summed E-state index contributed by atoms with van der Waals surface area (Å²) >= 11 is 0. The lowest BCUT2D eigenvalue weighted by Gasteiger charge is -2.27. The molecule has 6 atom stereocenters. The van der Waals surface area contributed by atoms with Crippen molar-refractivity contribution in [1.29, 1.82) is 0 Å². The van der Waals surface area contributed by atoms with Crippen LogP contribution in [0.3, 0.4) is 0 Å². The zero-order valence-electron chi connectivity index (χ0n) is 20.1. The highest BCUT2D eigenvalue weighted by molar-refractivity contribution is 5.95. The molecule has 0 radical (unpaired) electrons. The molecule has 0 rings (SSSR count). The second-order valence-electron chi connectivity index (χ2n) is 8.39. The van der Waals surface area contributed by atoms with Crippen LogP contribution in [0.1, 0.15) is 40.5 Å². The summed E-state index contributed by atoms with van der Waals surface area (Å²) in [6.45, 7) is 4.70. The Morgan fingerprint density at radius 2 is 1.26 bits per heavy atom. The van der Waals surface area contributed by atoms with Crippen molar-refractivity contribution >= 4 is 35.5 Å². The van der Waals surface area contributed by atoms with E-state index in [0.29, 0.717) is 0 Å². The van der Waals surface area contributed by atoms with Crippen molar-refractivity contribution in [3.8, 4) is 0 Å². The molecular formula is C20H36N6O9. The van der Waals surface area contributed by atoms with Gasteiger partial charge in [0.25, 0.3) is 0 Å². The number of aliphatic carboxylic acids is 1. The molecule has 0 aromatic carbocycles. The quantitative estimate of drug-likeness (QED) is 0.103. The molecule has 0 aliphatic carbocycles. The smallest absolute Gasteiger partial charge is 0.326 e. The summed E-state index contributed by atoms with van der Waals surface area (Å²) in [7, 11) is 0. The molecule has 0 aliphatic heterocycles. The minimum absolute atomic E-state index is 0.221. The van der Waals surface area contributed by atoms with Crippen molar-refractivity contribution in [3.63, 3.8) is 0 Å². The summed E-state index contributed by atoms with van der Waals surface area (Å²) in [6.07, 6.45) is -2.00. The van der Waals surface area contributed by atoms with Crippen LogP contribution >= 0.6 is 0 Å². The predicted octanol–water partition coefficient (Wildman–Crippen LogP) is -4.35. The van der Waals surface area contributed by atoms with Gasteiger partial charge in [0, 0.05) is 6.42 Å². The van der Waals surface area contributed by atoms with Crippen LogP contribution in [0.4, 0.5) is 0 Å². The molecule has 0 fully saturated rings. The lowest BCUT2D eigenvalue weighted by atomic mass is 10.0. The minimum Gasteiger partial charge on any atom is -0.480 e. The van der Waals surface area contributed by atoms with Crippen molar-refractivity contribution in [3.05, 3.63) is 0 Å². The first-order chi connectivity index (χ1) is 16.1. The molecule has 0 saturated carbocycles. The molecule has 0 spiro atoms. The summed E-state index contributed by atoms with van der Waals surface area (Å²) in [5.74, 6) is -6.31. The number of primary amides is 1. The molecule has 0 aromatic heterocycles. The summed E-state index contributed by atoms with van der Waals surface area (Å²) in [5, 5.41) is 37.6. The van der Waals surface area contributed by atoms with Crippen LogP contribution < -0.4 is 32.7 Å². The van der Waals surface area contributed by atoms with Crippen molar-refractivity contribution in [2.75, 3.05) is 6.61 Å². The van der Waals surface area contributed by atoms with Gasteiger partial charge in [-0.1, -0.05) is 13.8 Å². The largest absolute Gasteiger partial charge is 0.480 e. The van der Waals surface area contributed by atoms with E-state index >= 15 is 0 Å². The molecule has 35 heavy (non-hydrogen) atoms. The van der Waals surface area contributed by atoms with Gasteiger partial charge >= 0.3 is 5.97 Å². The van der Waals surface area contributed by atoms with Gasteiger partial charge in [-0.05, 0) is 26.2 Å². The first kappa shape index (κ1) is 31.7. The lowest BCUT2D eigenvalue weighted by molar-refractivity contribution is -0.144. The Hall–Kier alpha value is -3.30. The normalized spacial score (nSPS) is 16.1. The predicted molar refractivity (Wildman–Crippen MR) is 121 cm³/mol. The SMILES string of the molecule is CC(C)[C@H](NC(=O)[C@H](CO)NC(=O)[C@@H](NC(=O)[C@H](CCC(N)=O)NC(=O)[C@H](C)N)[C@@H](C)O)C(=O)O. The Morgan fingerprint density at radius 3 is 1.66 bits per heavy atom. The fraction of sp³-hybridized carbons (Fsp3) is 0.700. The average Bonchev–Trinajstić information content (AvgIpc) is 2.74. The standard InChI is InChI=1S/C20H36N6O9/c1-8(2)14(20(34)35)25-18(32)12(7-27)24-19(33)15(10(4)28)26-17(31)11(5-6-13(22)29)23-16(30)9(3)21/h8-12,14-15,27-28H,5-7,21H2,1-4H3,(H2,22,29)(H,23,30)(H,24,33)(H,25,32)(H,26,31)(H,34,35)/t9-,10+,11-,12-,14-,15-/m0/s1. The molecular weight excluding hydrogens is 468 g/mol. The molecule has 200 valence electrons. The number of carbonyl (C=O) groups excluding carboxylic acids is 5. The van der Waals surface area contributed by atoms with Crippen LogP contribution in [0.5, 0.6) is 0 Å². The first-order valence-electron chi connectivity index (χ1n) is 10.9. The number of carbonyl (C=O) groups is 6. The number of aliphatic hydroxyl groups excluding tert-OH is 2. The van der Waals surface area contributed by atoms with E-state index in [1.54, 1.807) is 13.8 Å². The third-order valence-corrected chi connectivity index (χ3v) is 4.83. The molecule has 5 amide bonds. The van der Waals surface area contributed by atoms with Gasteiger partial charge in [0.15, 0.2) is 0 Å². The van der Waals surface area contributed by atoms with Crippen LogP contribution in [0.25, 0.3) is 0 Å². The van der Waals surface area contributed by atoms with Gasteiger partial charge in [-0.2, -0.15) is 0 Å². The number of carboxylic acids is 1. The maximum atomic E-state index is 12.7. The van der Waals surface area contributed by atoms with E-state index in [0.717, 1.165) is 6.92 Å². The van der Waals surface area contributed by atoms with Crippen molar-refractivity contribution < 1.29 is 44.1 Å². The van der Waals surface area contributed by atoms with Crippen LogP contribution in [0.15, 0.2) is 0 Å². The van der Waals surface area contributed by atoms with Crippen LogP contribution in [0.2, 0.25) is 0 Å². The van der Waals surface area contributed by atoms with Gasteiger partial charge in [0.1, 0.15) is 24.2 Å². The Morgan fingerprint density at radius 1 is 0.771 bits per heavy atom. The Kier molecular flexibility index (Phi) is 13.5. The number of aliphatic hydroxyl groups is 2. The zero-order chi connectivity index (χ0) is 27.5. The van der Waals surface area contributed by atoms with Crippen molar-refractivity contribution in [1.82, 2.24) is 21.3 Å². The van der Waals surface area contributed by atoms with Gasteiger partial charge in [0.2, 0.25) is 29.5 Å². The van der Waals surface area contributed by atoms with Crippen LogP contribution in [-0.4, -0.2) is 93.7 Å². The van der Waals surface area contributed by atoms with E-state index in [-0.39, 0.29) is 12.8 Å². The topological polar surface area (TPSA) is 263 Å². The highest BCUT2D eigenvalue weighted by atomic mass is 16.4. The Bertz CT molecular complexity index is 787. The first-order valence-corrected chi connectivity index (χ1v) is 10.9. The van der Waals surface area contributed by atoms with E-state index in [1.165, 1.54) is 6.92 Å². The molecule has 15 heteroatoms. The third kappa shape index (κ3) is 11.1. The number of nitrogens with two attached hydrogens (primary N) is 2. The molecule has 15 nitrogen and oxygen atoms in total. The fourth-order valence-electron chi connectivity index (χ4n) is 2.74. The summed E-state index contributed by atoms with van der Waals surface area (Å²) in [4.78, 5) is 72.1. The van der Waals surface area contributed by atoms with E-state index in [2.05, 4.69) is 21.3 Å². The number of hydrogen-bond acceptors (Lipinski definition) is 9. The van der Waals surface area contributed by atoms with Crippen LogP contribution in [-0.2, 0) is 28.8 Å². The lowest BCUT2D eigenvalue weighted by Crippen LogP contribution is -2.61. The third-order valence-electron chi connectivity index (χ3n) is 4.83. The number of hydrogen-bond donors (Lipinski definition) is 9. The second kappa shape index (κ2) is 14.9. The number of amides is 5. The zero-order valence-corrected chi connectivity index (χ0v) is 20.1. The highest BCUT2D eigenvalue weighted by Crippen LogP contribution is 2.04. The van der Waals surface area contributed by atoms with Gasteiger partial charge < -0.3 is 48.1 Å².